The van der Waals surface area contributed by atoms with Crippen molar-refractivity contribution in [3.63, 3.8) is 0 Å². The number of nitrogens with zero attached hydrogens (tertiary/aromatic N) is 1. The molecule has 0 radical (unpaired) electrons. The molecule has 14 heavy (non-hydrogen) atoms. The van der Waals surface area contributed by atoms with Gasteiger partial charge in [-0.1, -0.05) is 29.8 Å². The molecule has 1 aromatic heterocycles. The van der Waals surface area contributed by atoms with Crippen LogP contribution in [0.25, 0.3) is 10.9 Å². The van der Waals surface area contributed by atoms with Crippen molar-refractivity contribution >= 4 is 46.5 Å². The molecule has 0 unspecified atom stereocenters. The largest absolute Gasteiger partial charge is 0.236 e. The number of halogens is 3. The van der Waals surface area contributed by atoms with Gasteiger partial charge in [0.15, 0.2) is 0 Å². The van der Waals surface area contributed by atoms with E-state index in [9.17, 15) is 0 Å². The molecule has 0 amide bonds. The molecule has 0 spiro atoms. The zero-order chi connectivity index (χ0) is 9.26. The zero-order valence-electron chi connectivity index (χ0n) is 7.21. The quantitative estimate of drug-likeness (QED) is 0.548. The summed E-state index contributed by atoms with van der Waals surface area (Å²) in [6.07, 6.45) is 0. The van der Waals surface area contributed by atoms with E-state index in [-0.39, 0.29) is 12.4 Å². The maximum atomic E-state index is 5.83. The van der Waals surface area contributed by atoms with Gasteiger partial charge in [0.1, 0.15) is 5.15 Å². The summed E-state index contributed by atoms with van der Waals surface area (Å²) in [6, 6.07) is 9.63. The Labute approximate surface area is 98.5 Å². The van der Waals surface area contributed by atoms with Crippen molar-refractivity contribution in [2.75, 3.05) is 0 Å². The van der Waals surface area contributed by atoms with Gasteiger partial charge in [-0.2, -0.15) is 0 Å². The molecule has 0 atom stereocenters. The third-order valence-electron chi connectivity index (χ3n) is 1.91. The van der Waals surface area contributed by atoms with Crippen LogP contribution in [0, 0.1) is 0 Å². The molecule has 2 rings (SSSR count). The lowest BCUT2D eigenvalue weighted by molar-refractivity contribution is 1.34. The van der Waals surface area contributed by atoms with E-state index in [4.69, 9.17) is 23.2 Å². The Morgan fingerprint density at radius 2 is 1.93 bits per heavy atom. The van der Waals surface area contributed by atoms with Gasteiger partial charge in [-0.25, -0.2) is 4.98 Å². The molecular formula is C10H8Cl3N. The Bertz CT molecular complexity index is 442. The van der Waals surface area contributed by atoms with Crippen molar-refractivity contribution in [1.82, 2.24) is 4.98 Å². The summed E-state index contributed by atoms with van der Waals surface area (Å²) in [5.41, 5.74) is 1.92. The van der Waals surface area contributed by atoms with E-state index in [1.165, 1.54) is 0 Å². The van der Waals surface area contributed by atoms with Crippen LogP contribution in [0.5, 0.6) is 0 Å². The first-order valence-corrected chi connectivity index (χ1v) is 4.82. The summed E-state index contributed by atoms with van der Waals surface area (Å²) in [7, 11) is 0. The zero-order valence-corrected chi connectivity index (χ0v) is 9.53. The van der Waals surface area contributed by atoms with Crippen LogP contribution < -0.4 is 0 Å². The van der Waals surface area contributed by atoms with Crippen LogP contribution in [0.4, 0.5) is 0 Å². The fourth-order valence-electron chi connectivity index (χ4n) is 1.32. The molecule has 0 N–H and O–H groups in total. The second-order valence-corrected chi connectivity index (χ2v) is 3.41. The predicted molar refractivity (Wildman–Crippen MR) is 63.6 cm³/mol. The van der Waals surface area contributed by atoms with E-state index in [0.29, 0.717) is 11.0 Å². The molecule has 1 heterocycles. The SMILES string of the molecule is Cl.ClCc1cc(Cl)nc2ccccc12. The topological polar surface area (TPSA) is 12.9 Å². The summed E-state index contributed by atoms with van der Waals surface area (Å²) in [4.78, 5) is 4.19. The van der Waals surface area contributed by atoms with Gasteiger partial charge in [0.25, 0.3) is 0 Å². The van der Waals surface area contributed by atoms with Crippen molar-refractivity contribution in [1.29, 1.82) is 0 Å². The molecule has 0 aliphatic heterocycles. The Morgan fingerprint density at radius 1 is 1.21 bits per heavy atom. The van der Waals surface area contributed by atoms with Crippen LogP contribution in [0.3, 0.4) is 0 Å². The highest BCUT2D eigenvalue weighted by atomic mass is 35.5. The number of aromatic nitrogens is 1. The summed E-state index contributed by atoms with van der Waals surface area (Å²) < 4.78 is 0. The van der Waals surface area contributed by atoms with Crippen LogP contribution in [-0.2, 0) is 5.88 Å². The second kappa shape index (κ2) is 4.83. The van der Waals surface area contributed by atoms with Crippen LogP contribution >= 0.6 is 35.6 Å². The molecule has 0 bridgehead atoms. The van der Waals surface area contributed by atoms with Crippen LogP contribution in [0.1, 0.15) is 5.56 Å². The number of hydrogen-bond acceptors (Lipinski definition) is 1. The first-order valence-electron chi connectivity index (χ1n) is 3.91. The van der Waals surface area contributed by atoms with E-state index < -0.39 is 0 Å². The number of hydrogen-bond donors (Lipinski definition) is 0. The Morgan fingerprint density at radius 3 is 2.64 bits per heavy atom. The minimum Gasteiger partial charge on any atom is -0.236 e. The lowest BCUT2D eigenvalue weighted by Crippen LogP contribution is -1.86. The number of rotatable bonds is 1. The lowest BCUT2D eigenvalue weighted by Gasteiger charge is -2.02. The molecule has 0 fully saturated rings. The summed E-state index contributed by atoms with van der Waals surface area (Å²) in [5, 5.41) is 1.57. The summed E-state index contributed by atoms with van der Waals surface area (Å²) in [5.74, 6) is 0.461. The molecule has 4 heteroatoms. The van der Waals surface area contributed by atoms with Crippen LogP contribution in [0.2, 0.25) is 5.15 Å². The molecule has 1 aromatic carbocycles. The van der Waals surface area contributed by atoms with Gasteiger partial charge in [0, 0.05) is 11.3 Å². The normalized spacial score (nSPS) is 9.86. The standard InChI is InChI=1S/C10H7Cl2N.ClH/c11-6-7-5-10(12)13-9-4-2-1-3-8(7)9;/h1-5H,6H2;1H. The van der Waals surface area contributed by atoms with Gasteiger partial charge in [-0.15, -0.1) is 24.0 Å². The average molecular weight is 249 g/mol. The number of alkyl halides is 1. The van der Waals surface area contributed by atoms with Gasteiger partial charge in [0.05, 0.1) is 5.52 Å². The van der Waals surface area contributed by atoms with Crippen molar-refractivity contribution < 1.29 is 0 Å². The van der Waals surface area contributed by atoms with Gasteiger partial charge in [-0.05, 0) is 17.7 Å². The fourth-order valence-corrected chi connectivity index (χ4v) is 1.77. The van der Waals surface area contributed by atoms with E-state index in [1.54, 1.807) is 6.07 Å². The van der Waals surface area contributed by atoms with Crippen molar-refractivity contribution in [2.45, 2.75) is 5.88 Å². The van der Waals surface area contributed by atoms with E-state index in [0.717, 1.165) is 16.5 Å². The maximum Gasteiger partial charge on any atom is 0.130 e. The Kier molecular flexibility index (Phi) is 3.99. The van der Waals surface area contributed by atoms with Crippen LogP contribution in [0.15, 0.2) is 30.3 Å². The molecule has 0 aliphatic rings. The number of fused-ring (bicyclic) bond motifs is 1. The first-order chi connectivity index (χ1) is 6.31. The first kappa shape index (κ1) is 11.6. The molecular weight excluding hydrogens is 240 g/mol. The minimum absolute atomic E-state index is 0. The molecule has 2 aromatic rings. The van der Waals surface area contributed by atoms with Gasteiger partial charge in [-0.3, -0.25) is 0 Å². The highest BCUT2D eigenvalue weighted by Gasteiger charge is 2.02. The summed E-state index contributed by atoms with van der Waals surface area (Å²) in [6.45, 7) is 0. The highest BCUT2D eigenvalue weighted by molar-refractivity contribution is 6.30. The second-order valence-electron chi connectivity index (χ2n) is 2.75. The van der Waals surface area contributed by atoms with E-state index in [2.05, 4.69) is 4.98 Å². The van der Waals surface area contributed by atoms with Gasteiger partial charge >= 0.3 is 0 Å². The van der Waals surface area contributed by atoms with E-state index >= 15 is 0 Å². The van der Waals surface area contributed by atoms with Crippen molar-refractivity contribution in [3.05, 3.63) is 41.0 Å². The van der Waals surface area contributed by atoms with E-state index in [1.807, 2.05) is 24.3 Å². The minimum atomic E-state index is 0. The number of para-hydroxylation sites is 1. The Balaban J connectivity index is 0.000000980. The fraction of sp³-hybridized carbons (Fsp3) is 0.100. The molecule has 1 nitrogen and oxygen atoms in total. The molecule has 74 valence electrons. The smallest absolute Gasteiger partial charge is 0.130 e. The molecule has 0 saturated carbocycles. The predicted octanol–water partition coefficient (Wildman–Crippen LogP) is 4.05. The monoisotopic (exact) mass is 247 g/mol. The highest BCUT2D eigenvalue weighted by Crippen LogP contribution is 2.21. The molecule has 0 aliphatic carbocycles. The maximum absolute atomic E-state index is 5.83. The van der Waals surface area contributed by atoms with Crippen molar-refractivity contribution in [2.24, 2.45) is 0 Å². The number of pyridine rings is 1. The van der Waals surface area contributed by atoms with Crippen LogP contribution in [-0.4, -0.2) is 4.98 Å². The average Bonchev–Trinajstić information content (AvgIpc) is 2.16. The lowest BCUT2D eigenvalue weighted by atomic mass is 10.1. The Hall–Kier alpha value is -0.500. The van der Waals surface area contributed by atoms with Gasteiger partial charge in [0.2, 0.25) is 0 Å². The van der Waals surface area contributed by atoms with Gasteiger partial charge < -0.3 is 0 Å². The number of benzene rings is 1. The van der Waals surface area contributed by atoms with Crippen molar-refractivity contribution in [3.8, 4) is 0 Å². The summed E-state index contributed by atoms with van der Waals surface area (Å²) >= 11 is 11.6. The third kappa shape index (κ3) is 2.11. The molecule has 0 saturated heterocycles. The third-order valence-corrected chi connectivity index (χ3v) is 2.40.